The number of benzene rings is 1. The number of carbonyl (C=O) groups is 2. The third kappa shape index (κ3) is 3.94. The second-order valence-electron chi connectivity index (χ2n) is 9.57. The van der Waals surface area contributed by atoms with E-state index in [1.54, 1.807) is 44.3 Å². The zero-order chi connectivity index (χ0) is 23.2. The van der Waals surface area contributed by atoms with Crippen LogP contribution in [0.25, 0.3) is 0 Å². The Kier molecular flexibility index (Phi) is 5.50. The molecule has 0 aliphatic carbocycles. The van der Waals surface area contributed by atoms with Gasteiger partial charge in [0.2, 0.25) is 5.78 Å². The summed E-state index contributed by atoms with van der Waals surface area (Å²) in [6.07, 6.45) is 3.74. The van der Waals surface area contributed by atoms with Gasteiger partial charge in [0, 0.05) is 42.5 Å². The van der Waals surface area contributed by atoms with Crippen LogP contribution in [0.1, 0.15) is 53.7 Å². The predicted octanol–water partition coefficient (Wildman–Crippen LogP) is 2.51. The van der Waals surface area contributed by atoms with Crippen molar-refractivity contribution in [2.24, 2.45) is 5.16 Å². The zero-order valence-corrected chi connectivity index (χ0v) is 19.3. The van der Waals surface area contributed by atoms with Crippen molar-refractivity contribution in [2.75, 3.05) is 25.0 Å². The molecule has 1 saturated heterocycles. The fourth-order valence-electron chi connectivity index (χ4n) is 4.77. The molecule has 8 nitrogen and oxygen atoms in total. The number of pyridine rings is 1. The van der Waals surface area contributed by atoms with E-state index < -0.39 is 5.60 Å². The highest BCUT2D eigenvalue weighted by Gasteiger charge is 2.40. The molecular weight excluding hydrogens is 418 g/mol. The van der Waals surface area contributed by atoms with Gasteiger partial charge in [0.25, 0.3) is 5.91 Å². The predicted molar refractivity (Wildman–Crippen MR) is 125 cm³/mol. The molecule has 8 heteroatoms. The van der Waals surface area contributed by atoms with Gasteiger partial charge < -0.3 is 10.2 Å². The van der Waals surface area contributed by atoms with Gasteiger partial charge in [0.15, 0.2) is 11.3 Å². The molecule has 0 bridgehead atoms. The number of ketones is 1. The Morgan fingerprint density at radius 1 is 1.21 bits per heavy atom. The number of aromatic nitrogens is 1. The van der Waals surface area contributed by atoms with Gasteiger partial charge in [-0.15, -0.1) is 0 Å². The first-order chi connectivity index (χ1) is 15.8. The van der Waals surface area contributed by atoms with Crippen molar-refractivity contribution in [3.8, 4) is 0 Å². The van der Waals surface area contributed by atoms with E-state index in [4.69, 9.17) is 4.84 Å². The first kappa shape index (κ1) is 21.7. The van der Waals surface area contributed by atoms with Crippen LogP contribution in [0, 0.1) is 0 Å². The summed E-state index contributed by atoms with van der Waals surface area (Å²) in [4.78, 5) is 40.4. The summed E-state index contributed by atoms with van der Waals surface area (Å²) in [6, 6.07) is 9.13. The van der Waals surface area contributed by atoms with Crippen LogP contribution in [0.3, 0.4) is 0 Å². The molecule has 3 aliphatic rings. The van der Waals surface area contributed by atoms with Crippen molar-refractivity contribution in [2.45, 2.75) is 51.4 Å². The summed E-state index contributed by atoms with van der Waals surface area (Å²) in [6.45, 7) is 6.73. The Bertz CT molecular complexity index is 1120. The zero-order valence-electron chi connectivity index (χ0n) is 19.3. The van der Waals surface area contributed by atoms with E-state index >= 15 is 0 Å². The van der Waals surface area contributed by atoms with Gasteiger partial charge in [0.05, 0.1) is 6.04 Å². The average Bonchev–Trinajstić information content (AvgIpc) is 3.33. The number of rotatable bonds is 4. The monoisotopic (exact) mass is 447 g/mol. The van der Waals surface area contributed by atoms with Gasteiger partial charge in [-0.05, 0) is 64.0 Å². The van der Waals surface area contributed by atoms with Crippen molar-refractivity contribution < 1.29 is 14.4 Å². The largest absolute Gasteiger partial charge is 0.381 e. The molecule has 1 unspecified atom stereocenters. The number of Topliss-reactive ketones (excluding diaryl/α,β-unsaturated/α-hetero) is 1. The number of amides is 1. The van der Waals surface area contributed by atoms with Crippen LogP contribution in [-0.2, 0) is 22.7 Å². The molecule has 5 rings (SSSR count). The second kappa shape index (κ2) is 8.35. The maximum Gasteiger partial charge on any atom is 0.259 e. The molecule has 1 amide bonds. The Balaban J connectivity index is 1.48. The lowest BCUT2D eigenvalue weighted by atomic mass is 9.95. The lowest BCUT2D eigenvalue weighted by molar-refractivity contribution is -0.128. The highest BCUT2D eigenvalue weighted by molar-refractivity contribution is 6.49. The fourth-order valence-corrected chi connectivity index (χ4v) is 4.77. The maximum absolute atomic E-state index is 13.8. The van der Waals surface area contributed by atoms with Crippen molar-refractivity contribution >= 4 is 23.2 Å². The minimum atomic E-state index is -0.957. The minimum Gasteiger partial charge on any atom is -0.381 e. The Morgan fingerprint density at radius 3 is 2.67 bits per heavy atom. The smallest absolute Gasteiger partial charge is 0.259 e. The number of nitrogens with one attached hydrogen (secondary N) is 1. The number of carbonyl (C=O) groups excluding carboxylic acids is 2. The van der Waals surface area contributed by atoms with E-state index in [0.29, 0.717) is 11.1 Å². The average molecular weight is 448 g/mol. The molecule has 1 N–H and O–H groups in total. The molecule has 0 spiro atoms. The summed E-state index contributed by atoms with van der Waals surface area (Å²) in [5.74, 6) is 0.511. The van der Waals surface area contributed by atoms with Crippen LogP contribution < -0.4 is 10.2 Å². The Morgan fingerprint density at radius 2 is 2.00 bits per heavy atom. The lowest BCUT2D eigenvalue weighted by Gasteiger charge is -2.35. The standard InChI is InChI=1S/C25H29N5O3/c1-25(2)22(31)21(28-33-25)16-6-8-17(9-7-16)24(32)30(19-5-4-11-26-13-19)23-20-15-29(3)14-18(20)10-12-27-23/h6-10,12,19,26H,4-5,11,13-15H2,1-3H3. The first-order valence-electron chi connectivity index (χ1n) is 11.5. The van der Waals surface area contributed by atoms with Gasteiger partial charge in [-0.25, -0.2) is 4.98 Å². The number of fused-ring (bicyclic) bond motifs is 1. The van der Waals surface area contributed by atoms with Gasteiger partial charge in [-0.3, -0.25) is 19.4 Å². The van der Waals surface area contributed by atoms with Gasteiger partial charge >= 0.3 is 0 Å². The van der Waals surface area contributed by atoms with Gasteiger partial charge in [-0.1, -0.05) is 17.3 Å². The van der Waals surface area contributed by atoms with Crippen molar-refractivity contribution in [3.63, 3.8) is 0 Å². The van der Waals surface area contributed by atoms with Crippen LogP contribution in [0.2, 0.25) is 0 Å². The molecule has 33 heavy (non-hydrogen) atoms. The van der Waals surface area contributed by atoms with E-state index in [9.17, 15) is 9.59 Å². The van der Waals surface area contributed by atoms with Crippen LogP contribution >= 0.6 is 0 Å². The third-order valence-corrected chi connectivity index (χ3v) is 6.61. The molecule has 0 saturated carbocycles. The molecular formula is C25H29N5O3. The molecule has 1 aromatic carbocycles. The lowest BCUT2D eigenvalue weighted by Crippen LogP contribution is -2.49. The number of anilines is 1. The fraction of sp³-hybridized carbons (Fsp3) is 0.440. The van der Waals surface area contributed by atoms with E-state index in [1.807, 2.05) is 11.0 Å². The van der Waals surface area contributed by atoms with E-state index in [2.05, 4.69) is 27.4 Å². The Hall–Kier alpha value is -3.10. The molecule has 1 aromatic heterocycles. The van der Waals surface area contributed by atoms with E-state index in [0.717, 1.165) is 50.4 Å². The molecule has 1 atom stereocenters. The molecule has 172 valence electrons. The van der Waals surface area contributed by atoms with E-state index in [-0.39, 0.29) is 23.4 Å². The van der Waals surface area contributed by atoms with Gasteiger partial charge in [-0.2, -0.15) is 0 Å². The molecule has 2 aromatic rings. The second-order valence-corrected chi connectivity index (χ2v) is 9.57. The molecule has 3 aliphatic heterocycles. The number of piperidine rings is 1. The summed E-state index contributed by atoms with van der Waals surface area (Å²) in [7, 11) is 2.08. The van der Waals surface area contributed by atoms with E-state index in [1.165, 1.54) is 5.56 Å². The summed E-state index contributed by atoms with van der Waals surface area (Å²) >= 11 is 0. The summed E-state index contributed by atoms with van der Waals surface area (Å²) in [5, 5.41) is 7.39. The number of oxime groups is 1. The third-order valence-electron chi connectivity index (χ3n) is 6.61. The highest BCUT2D eigenvalue weighted by atomic mass is 16.7. The van der Waals surface area contributed by atoms with Crippen LogP contribution in [0.5, 0.6) is 0 Å². The molecule has 1 fully saturated rings. The van der Waals surface area contributed by atoms with Crippen molar-refractivity contribution in [1.82, 2.24) is 15.2 Å². The normalized spacial score (nSPS) is 22.0. The van der Waals surface area contributed by atoms with Crippen molar-refractivity contribution in [1.29, 1.82) is 0 Å². The van der Waals surface area contributed by atoms with Gasteiger partial charge in [0.1, 0.15) is 5.82 Å². The van der Waals surface area contributed by atoms with Crippen LogP contribution in [0.4, 0.5) is 5.82 Å². The Labute approximate surface area is 193 Å². The minimum absolute atomic E-state index is 0.0332. The summed E-state index contributed by atoms with van der Waals surface area (Å²) < 4.78 is 0. The topological polar surface area (TPSA) is 87.1 Å². The highest BCUT2D eigenvalue weighted by Crippen LogP contribution is 2.32. The van der Waals surface area contributed by atoms with Crippen molar-refractivity contribution in [3.05, 3.63) is 58.8 Å². The summed E-state index contributed by atoms with van der Waals surface area (Å²) in [5.41, 5.74) is 2.88. The maximum atomic E-state index is 13.8. The molecule has 4 heterocycles. The quantitative estimate of drug-likeness (QED) is 0.775. The SMILES string of the molecule is CN1Cc2ccnc(N(C(=O)c3ccc(C4=NOC(C)(C)C4=O)cc3)C3CCCNC3)c2C1. The van der Waals surface area contributed by atoms with Crippen LogP contribution in [0.15, 0.2) is 41.7 Å². The molecule has 0 radical (unpaired) electrons. The van der Waals surface area contributed by atoms with Crippen LogP contribution in [-0.4, -0.2) is 59.1 Å². The number of hydrogen-bond acceptors (Lipinski definition) is 7. The number of nitrogens with zero attached hydrogens (tertiary/aromatic N) is 4. The number of hydrogen-bond donors (Lipinski definition) is 1. The first-order valence-corrected chi connectivity index (χ1v) is 11.5.